The van der Waals surface area contributed by atoms with E-state index < -0.39 is 12.8 Å². The van der Waals surface area contributed by atoms with Crippen LogP contribution in [0.1, 0.15) is 5.76 Å². The van der Waals surface area contributed by atoms with Crippen LogP contribution in [0.2, 0.25) is 5.22 Å². The number of furan rings is 1. The van der Waals surface area contributed by atoms with Gasteiger partial charge in [-0.15, -0.1) is 0 Å². The lowest BCUT2D eigenvalue weighted by Gasteiger charge is -2.03. The molecule has 0 aliphatic rings. The molecule has 0 aromatic carbocycles. The molecule has 1 N–H and O–H groups in total. The highest BCUT2D eigenvalue weighted by Crippen LogP contribution is 2.18. The minimum absolute atomic E-state index is 0.349. The molecule has 1 atom stereocenters. The molecule has 1 heterocycles. The summed E-state index contributed by atoms with van der Waals surface area (Å²) >= 11 is 6.95. The molecule has 13 heavy (non-hydrogen) atoms. The Labute approximate surface area is 85.1 Å². The first-order valence-corrected chi connectivity index (χ1v) is 5.31. The van der Waals surface area contributed by atoms with E-state index in [1.54, 1.807) is 12.1 Å². The molecule has 1 unspecified atom stereocenters. The summed E-state index contributed by atoms with van der Waals surface area (Å²) < 4.78 is 16.9. The first kappa shape index (κ1) is 10.9. The van der Waals surface area contributed by atoms with Crippen molar-refractivity contribution < 1.29 is 13.9 Å². The Morgan fingerprint density at radius 3 is 2.92 bits per heavy atom. The second-order valence-electron chi connectivity index (χ2n) is 2.53. The maximum absolute atomic E-state index is 11.8. The molecular formula is C8H10ClFO2S. The summed E-state index contributed by atoms with van der Waals surface area (Å²) in [6.07, 6.45) is -0.879. The van der Waals surface area contributed by atoms with Crippen molar-refractivity contribution in [1.29, 1.82) is 0 Å². The number of rotatable bonds is 5. The van der Waals surface area contributed by atoms with Gasteiger partial charge in [-0.25, -0.2) is 4.39 Å². The molecule has 1 rings (SSSR count). The fourth-order valence-electron chi connectivity index (χ4n) is 0.769. The van der Waals surface area contributed by atoms with Gasteiger partial charge >= 0.3 is 0 Å². The van der Waals surface area contributed by atoms with Gasteiger partial charge in [-0.05, 0) is 23.7 Å². The van der Waals surface area contributed by atoms with Crippen LogP contribution in [0.4, 0.5) is 4.39 Å². The number of aliphatic hydroxyl groups excluding tert-OH is 1. The van der Waals surface area contributed by atoms with Crippen LogP contribution in [0.15, 0.2) is 16.5 Å². The largest absolute Gasteiger partial charge is 0.449 e. The fraction of sp³-hybridized carbons (Fsp3) is 0.500. The van der Waals surface area contributed by atoms with Gasteiger partial charge in [0.1, 0.15) is 12.4 Å². The molecule has 5 heteroatoms. The molecule has 2 nitrogen and oxygen atoms in total. The molecular weight excluding hydrogens is 215 g/mol. The highest BCUT2D eigenvalue weighted by atomic mass is 35.5. The van der Waals surface area contributed by atoms with E-state index >= 15 is 0 Å². The van der Waals surface area contributed by atoms with E-state index in [0.717, 1.165) is 5.76 Å². The van der Waals surface area contributed by atoms with Crippen LogP contribution < -0.4 is 0 Å². The maximum Gasteiger partial charge on any atom is 0.193 e. The van der Waals surface area contributed by atoms with Crippen LogP contribution in [-0.4, -0.2) is 23.6 Å². The summed E-state index contributed by atoms with van der Waals surface area (Å²) in [5, 5.41) is 9.24. The molecule has 0 bridgehead atoms. The van der Waals surface area contributed by atoms with Crippen LogP contribution in [0, 0.1) is 0 Å². The lowest BCUT2D eigenvalue weighted by molar-refractivity contribution is 0.162. The summed E-state index contributed by atoms with van der Waals surface area (Å²) in [5.41, 5.74) is 0. The lowest BCUT2D eigenvalue weighted by Crippen LogP contribution is -2.11. The van der Waals surface area contributed by atoms with E-state index in [2.05, 4.69) is 0 Å². The lowest BCUT2D eigenvalue weighted by atomic mass is 10.5. The number of hydrogen-bond donors (Lipinski definition) is 1. The molecule has 0 saturated heterocycles. The van der Waals surface area contributed by atoms with E-state index in [1.165, 1.54) is 11.8 Å². The normalized spacial score (nSPS) is 13.2. The van der Waals surface area contributed by atoms with E-state index in [1.807, 2.05) is 0 Å². The third-order valence-corrected chi connectivity index (χ3v) is 2.67. The van der Waals surface area contributed by atoms with Gasteiger partial charge in [0.15, 0.2) is 5.22 Å². The quantitative estimate of drug-likeness (QED) is 0.834. The summed E-state index contributed by atoms with van der Waals surface area (Å²) in [5.74, 6) is 1.71. The minimum Gasteiger partial charge on any atom is -0.449 e. The number of thioether (sulfide) groups is 1. The molecule has 0 radical (unpaired) electrons. The molecule has 1 aromatic heterocycles. The van der Waals surface area contributed by atoms with Gasteiger partial charge in [-0.1, -0.05) is 0 Å². The third kappa shape index (κ3) is 4.02. The van der Waals surface area contributed by atoms with Gasteiger partial charge in [-0.3, -0.25) is 0 Å². The zero-order valence-corrected chi connectivity index (χ0v) is 8.45. The Balaban J connectivity index is 2.20. The Bertz CT molecular complexity index is 254. The topological polar surface area (TPSA) is 33.4 Å². The Morgan fingerprint density at radius 2 is 2.38 bits per heavy atom. The molecule has 74 valence electrons. The summed E-state index contributed by atoms with van der Waals surface area (Å²) in [6, 6.07) is 3.42. The van der Waals surface area contributed by atoms with E-state index in [0.29, 0.717) is 16.7 Å². The second-order valence-corrected chi connectivity index (χ2v) is 3.93. The van der Waals surface area contributed by atoms with E-state index in [-0.39, 0.29) is 0 Å². The van der Waals surface area contributed by atoms with Crippen LogP contribution in [-0.2, 0) is 5.75 Å². The predicted octanol–water partition coefficient (Wildman–Crippen LogP) is 2.50. The summed E-state index contributed by atoms with van der Waals surface area (Å²) in [7, 11) is 0. The standard InChI is InChI=1S/C8H10ClFO2S/c9-8-2-1-7(12-8)5-13-4-6(11)3-10/h1-2,6,11H,3-5H2. The molecule has 1 aromatic rings. The van der Waals surface area contributed by atoms with Crippen molar-refractivity contribution in [2.45, 2.75) is 11.9 Å². The van der Waals surface area contributed by atoms with Crippen molar-refractivity contribution in [3.63, 3.8) is 0 Å². The van der Waals surface area contributed by atoms with E-state index in [9.17, 15) is 4.39 Å². The van der Waals surface area contributed by atoms with Gasteiger partial charge < -0.3 is 9.52 Å². The van der Waals surface area contributed by atoms with E-state index in [4.69, 9.17) is 21.1 Å². The highest BCUT2D eigenvalue weighted by Gasteiger charge is 2.04. The molecule has 0 aliphatic heterocycles. The van der Waals surface area contributed by atoms with Crippen LogP contribution in [0.25, 0.3) is 0 Å². The average molecular weight is 225 g/mol. The number of alkyl halides is 1. The van der Waals surface area contributed by atoms with Crippen molar-refractivity contribution in [2.24, 2.45) is 0 Å². The van der Waals surface area contributed by atoms with Crippen LogP contribution in [0.5, 0.6) is 0 Å². The molecule has 0 saturated carbocycles. The smallest absolute Gasteiger partial charge is 0.193 e. The average Bonchev–Trinajstić information content (AvgIpc) is 2.51. The van der Waals surface area contributed by atoms with Crippen LogP contribution >= 0.6 is 23.4 Å². The molecule has 0 amide bonds. The van der Waals surface area contributed by atoms with Crippen molar-refractivity contribution in [2.75, 3.05) is 12.4 Å². The van der Waals surface area contributed by atoms with Gasteiger partial charge in [0.05, 0.1) is 11.9 Å². The molecule has 0 spiro atoms. The van der Waals surface area contributed by atoms with Crippen molar-refractivity contribution >= 4 is 23.4 Å². The second kappa shape index (κ2) is 5.52. The van der Waals surface area contributed by atoms with Gasteiger partial charge in [-0.2, -0.15) is 11.8 Å². The maximum atomic E-state index is 11.8. The predicted molar refractivity (Wildman–Crippen MR) is 51.9 cm³/mol. The van der Waals surface area contributed by atoms with Crippen molar-refractivity contribution in [3.8, 4) is 0 Å². The van der Waals surface area contributed by atoms with Crippen molar-refractivity contribution in [3.05, 3.63) is 23.1 Å². The van der Waals surface area contributed by atoms with Gasteiger partial charge in [0.2, 0.25) is 0 Å². The zero-order valence-electron chi connectivity index (χ0n) is 6.87. The highest BCUT2D eigenvalue weighted by molar-refractivity contribution is 7.98. The SMILES string of the molecule is OC(CF)CSCc1ccc(Cl)o1. The monoisotopic (exact) mass is 224 g/mol. The summed E-state index contributed by atoms with van der Waals surface area (Å²) in [4.78, 5) is 0. The number of hydrogen-bond acceptors (Lipinski definition) is 3. The Kier molecular flexibility index (Phi) is 4.62. The summed E-state index contributed by atoms with van der Waals surface area (Å²) in [6.45, 7) is -0.702. The van der Waals surface area contributed by atoms with Crippen molar-refractivity contribution in [1.82, 2.24) is 0 Å². The minimum atomic E-state index is -0.879. The van der Waals surface area contributed by atoms with Gasteiger partial charge in [0.25, 0.3) is 0 Å². The zero-order chi connectivity index (χ0) is 9.68. The first-order valence-electron chi connectivity index (χ1n) is 3.78. The molecule has 0 aliphatic carbocycles. The van der Waals surface area contributed by atoms with Gasteiger partial charge in [0, 0.05) is 5.75 Å². The van der Waals surface area contributed by atoms with Crippen LogP contribution in [0.3, 0.4) is 0 Å². The Morgan fingerprint density at radius 1 is 1.62 bits per heavy atom. The molecule has 0 fully saturated rings. The number of aliphatic hydroxyl groups is 1. The number of halogens is 2. The third-order valence-electron chi connectivity index (χ3n) is 1.36. The fourth-order valence-corrected chi connectivity index (χ4v) is 1.77. The Hall–Kier alpha value is -0.190. The first-order chi connectivity index (χ1) is 6.22.